The summed E-state index contributed by atoms with van der Waals surface area (Å²) < 4.78 is 0. The summed E-state index contributed by atoms with van der Waals surface area (Å²) in [6, 6.07) is 0. The van der Waals surface area contributed by atoms with Crippen molar-refractivity contribution in [1.82, 2.24) is 0 Å². The first-order chi connectivity index (χ1) is 6.49. The van der Waals surface area contributed by atoms with Crippen molar-refractivity contribution in [2.45, 2.75) is 31.9 Å². The third-order valence-electron chi connectivity index (χ3n) is 0.758. The van der Waals surface area contributed by atoms with Crippen LogP contribution in [-0.4, -0.2) is 45.3 Å². The van der Waals surface area contributed by atoms with Gasteiger partial charge >= 0.3 is 0 Å². The molecule has 0 spiro atoms. The molecule has 88 valence electrons. The van der Waals surface area contributed by atoms with Crippen LogP contribution in [0.5, 0.6) is 0 Å². The van der Waals surface area contributed by atoms with E-state index in [-0.39, 0.29) is 13.2 Å². The number of rotatable bonds is 3. The van der Waals surface area contributed by atoms with Crippen molar-refractivity contribution in [3.05, 3.63) is 12.7 Å². The topological polar surface area (TPSA) is 80.9 Å². The van der Waals surface area contributed by atoms with Crippen molar-refractivity contribution < 1.29 is 20.4 Å². The van der Waals surface area contributed by atoms with Crippen LogP contribution in [0.4, 0.5) is 0 Å². The molecular formula is C9H21ClO4. The Labute approximate surface area is 90.5 Å². The molecule has 0 aliphatic carbocycles. The summed E-state index contributed by atoms with van der Waals surface area (Å²) in [6.07, 6.45) is 1.42. The number of halogens is 1. The molecule has 4 N–H and O–H groups in total. The fourth-order valence-electron chi connectivity index (χ4n) is 0.0577. The minimum absolute atomic E-state index is 0.365. The Morgan fingerprint density at radius 1 is 1.29 bits per heavy atom. The Kier molecular flexibility index (Phi) is 25.9. The van der Waals surface area contributed by atoms with Gasteiger partial charge in [0.25, 0.3) is 0 Å². The number of hydrogen-bond acceptors (Lipinski definition) is 4. The third kappa shape index (κ3) is 40.7. The molecule has 0 rings (SSSR count). The monoisotopic (exact) mass is 228 g/mol. The van der Waals surface area contributed by atoms with Crippen molar-refractivity contribution in [1.29, 1.82) is 0 Å². The largest absolute Gasteiger partial charge is 0.394 e. The summed E-state index contributed by atoms with van der Waals surface area (Å²) in [7, 11) is 0. The van der Waals surface area contributed by atoms with E-state index in [4.69, 9.17) is 32.0 Å². The van der Waals surface area contributed by atoms with Gasteiger partial charge in [-0.05, 0) is 13.3 Å². The van der Waals surface area contributed by atoms with Crippen LogP contribution >= 0.6 is 11.6 Å². The molecule has 0 aromatic heterocycles. The second-order valence-corrected chi connectivity index (χ2v) is 2.77. The van der Waals surface area contributed by atoms with Gasteiger partial charge in [0.1, 0.15) is 11.7 Å². The number of aliphatic hydroxyl groups excluding tert-OH is 4. The summed E-state index contributed by atoms with van der Waals surface area (Å²) >= 11 is 5.02. The van der Waals surface area contributed by atoms with Crippen LogP contribution in [0.15, 0.2) is 12.7 Å². The Bertz CT molecular complexity index is 94.8. The molecule has 1 unspecified atom stereocenters. The minimum Gasteiger partial charge on any atom is -0.394 e. The van der Waals surface area contributed by atoms with E-state index in [1.165, 1.54) is 0 Å². The smallest absolute Gasteiger partial charge is 0.127 e. The van der Waals surface area contributed by atoms with Gasteiger partial charge in [0.2, 0.25) is 0 Å². The van der Waals surface area contributed by atoms with Crippen molar-refractivity contribution in [2.75, 3.05) is 13.2 Å². The number of allylic oxidation sites excluding steroid dienone is 1. The van der Waals surface area contributed by atoms with E-state index < -0.39 is 11.7 Å². The van der Waals surface area contributed by atoms with E-state index in [0.717, 1.165) is 0 Å². The van der Waals surface area contributed by atoms with Crippen LogP contribution in [0.2, 0.25) is 0 Å². The number of alkyl halides is 1. The molecule has 1 atom stereocenters. The van der Waals surface area contributed by atoms with Gasteiger partial charge in [-0.2, -0.15) is 0 Å². The van der Waals surface area contributed by atoms with Crippen LogP contribution in [0.1, 0.15) is 20.3 Å². The summed E-state index contributed by atoms with van der Waals surface area (Å²) in [6.45, 7) is 6.34. The second-order valence-electron chi connectivity index (χ2n) is 2.27. The van der Waals surface area contributed by atoms with Crippen LogP contribution in [0, 0.1) is 0 Å². The molecule has 0 fully saturated rings. The molecule has 0 bridgehead atoms. The number of aliphatic hydroxyl groups is 4. The van der Waals surface area contributed by atoms with Gasteiger partial charge in [-0.25, -0.2) is 0 Å². The van der Waals surface area contributed by atoms with Gasteiger partial charge in [0.15, 0.2) is 0 Å². The van der Waals surface area contributed by atoms with E-state index in [1.807, 2.05) is 13.8 Å². The predicted molar refractivity (Wildman–Crippen MR) is 58.2 cm³/mol. The quantitative estimate of drug-likeness (QED) is 0.418. The molecule has 0 aromatic rings. The van der Waals surface area contributed by atoms with E-state index in [9.17, 15) is 0 Å². The zero-order valence-electron chi connectivity index (χ0n) is 8.73. The maximum atomic E-state index is 8.17. The minimum atomic E-state index is -0.954. The summed E-state index contributed by atoms with van der Waals surface area (Å²) in [5.74, 6) is 0. The lowest BCUT2D eigenvalue weighted by atomic mass is 10.4. The van der Waals surface area contributed by atoms with E-state index >= 15 is 0 Å². The lowest BCUT2D eigenvalue weighted by Crippen LogP contribution is -2.15. The van der Waals surface area contributed by atoms with Gasteiger partial charge in [0, 0.05) is 0 Å². The highest BCUT2D eigenvalue weighted by atomic mass is 35.5. The first-order valence-electron chi connectivity index (χ1n) is 4.28. The lowest BCUT2D eigenvalue weighted by molar-refractivity contribution is 0.0450. The molecule has 0 aliphatic heterocycles. The van der Waals surface area contributed by atoms with Crippen LogP contribution in [0.3, 0.4) is 0 Å². The Balaban J connectivity index is -0.000000138. The first-order valence-corrected chi connectivity index (χ1v) is 4.72. The van der Waals surface area contributed by atoms with E-state index in [2.05, 4.69) is 6.58 Å². The molecule has 0 heterocycles. The molecule has 4 nitrogen and oxygen atoms in total. The molecule has 14 heavy (non-hydrogen) atoms. The van der Waals surface area contributed by atoms with Crippen LogP contribution in [0.25, 0.3) is 0 Å². The maximum absolute atomic E-state index is 8.17. The second kappa shape index (κ2) is 18.6. The van der Waals surface area contributed by atoms with Gasteiger partial charge in [-0.3, -0.25) is 0 Å². The highest BCUT2D eigenvalue weighted by molar-refractivity contribution is 6.19. The van der Waals surface area contributed by atoms with Gasteiger partial charge in [0.05, 0.1) is 13.2 Å². The molecular weight excluding hydrogens is 208 g/mol. The van der Waals surface area contributed by atoms with Crippen molar-refractivity contribution in [3.63, 3.8) is 0 Å². The van der Waals surface area contributed by atoms with Gasteiger partial charge in [-0.15, -0.1) is 6.58 Å². The average Bonchev–Trinajstić information content (AvgIpc) is 2.18. The van der Waals surface area contributed by atoms with Crippen molar-refractivity contribution >= 4 is 11.6 Å². The average molecular weight is 229 g/mol. The van der Waals surface area contributed by atoms with Crippen LogP contribution < -0.4 is 0 Å². The molecule has 0 aromatic carbocycles. The van der Waals surface area contributed by atoms with Crippen LogP contribution in [-0.2, 0) is 0 Å². The Morgan fingerprint density at radius 3 is 1.50 bits per heavy atom. The van der Waals surface area contributed by atoms with Gasteiger partial charge < -0.3 is 20.4 Å². The normalized spacial score (nSPS) is 10.6. The SMILES string of the molecule is C=CC.CCC(O)Cl.OCC(O)CO. The Morgan fingerprint density at radius 2 is 1.50 bits per heavy atom. The fraction of sp³-hybridized carbons (Fsp3) is 0.778. The lowest BCUT2D eigenvalue weighted by Gasteiger charge is -1.96. The predicted octanol–water partition coefficient (Wildman–Crippen LogP) is 0.478. The molecule has 0 radical (unpaired) electrons. The van der Waals surface area contributed by atoms with E-state index in [0.29, 0.717) is 6.42 Å². The van der Waals surface area contributed by atoms with Gasteiger partial charge in [-0.1, -0.05) is 24.6 Å². The van der Waals surface area contributed by atoms with Crippen molar-refractivity contribution in [3.8, 4) is 0 Å². The molecule has 0 aliphatic rings. The summed E-state index contributed by atoms with van der Waals surface area (Å²) in [4.78, 5) is 0. The summed E-state index contributed by atoms with van der Waals surface area (Å²) in [5, 5.41) is 32.1. The third-order valence-corrected chi connectivity index (χ3v) is 1.07. The first kappa shape index (κ1) is 19.4. The summed E-state index contributed by atoms with van der Waals surface area (Å²) in [5.41, 5.74) is -0.644. The zero-order chi connectivity index (χ0) is 12.0. The standard InChI is InChI=1S/C3H7ClO.C3H8O3.C3H6/c1-2-3(4)5;4-1-3(6)2-5;1-3-2/h3,5H,2H2,1H3;3-6H,1-2H2;3H,1H2,2H3. The molecule has 0 saturated heterocycles. The highest BCUT2D eigenvalue weighted by Gasteiger charge is 1.93. The molecule has 0 saturated carbocycles. The fourth-order valence-corrected chi connectivity index (χ4v) is 0.0577. The maximum Gasteiger partial charge on any atom is 0.127 e. The Hall–Kier alpha value is -0.130. The highest BCUT2D eigenvalue weighted by Crippen LogP contribution is 1.91. The molecule has 5 heteroatoms. The van der Waals surface area contributed by atoms with Crippen molar-refractivity contribution in [2.24, 2.45) is 0 Å². The zero-order valence-corrected chi connectivity index (χ0v) is 9.48. The van der Waals surface area contributed by atoms with E-state index in [1.54, 1.807) is 6.08 Å². The number of hydrogen-bond donors (Lipinski definition) is 4. The molecule has 0 amide bonds.